The Hall–Kier alpha value is -3.74. The fraction of sp³-hybridized carbons (Fsp3) is 0.192. The zero-order valence-electron chi connectivity index (χ0n) is 18.0. The van der Waals surface area contributed by atoms with Crippen LogP contribution in [0.15, 0.2) is 79.1 Å². The van der Waals surface area contributed by atoms with E-state index in [0.29, 0.717) is 35.6 Å². The lowest BCUT2D eigenvalue weighted by Crippen LogP contribution is -2.29. The second kappa shape index (κ2) is 9.02. The number of carbonyl (C=O) groups is 1. The van der Waals surface area contributed by atoms with Gasteiger partial charge in [0.05, 0.1) is 17.0 Å². The molecule has 7 heteroatoms. The molecule has 0 radical (unpaired) electrons. The Bertz CT molecular complexity index is 1190. The van der Waals surface area contributed by atoms with Gasteiger partial charge in [0.15, 0.2) is 0 Å². The fourth-order valence-corrected chi connectivity index (χ4v) is 3.81. The average molecular weight is 453 g/mol. The second-order valence-electron chi connectivity index (χ2n) is 7.79. The number of alkyl halides is 3. The molecule has 0 spiro atoms. The summed E-state index contributed by atoms with van der Waals surface area (Å²) in [5.41, 5.74) is 1.98. The van der Waals surface area contributed by atoms with Gasteiger partial charge in [-0.05, 0) is 59.9 Å². The Labute approximate surface area is 189 Å². The molecule has 0 saturated carbocycles. The number of rotatable bonds is 5. The van der Waals surface area contributed by atoms with E-state index < -0.39 is 17.8 Å². The molecule has 0 fully saturated rings. The van der Waals surface area contributed by atoms with Gasteiger partial charge in [0.25, 0.3) is 0 Å². The van der Waals surface area contributed by atoms with Crippen molar-refractivity contribution in [3.63, 3.8) is 0 Å². The highest BCUT2D eigenvalue weighted by molar-refractivity contribution is 5.91. The maximum absolute atomic E-state index is 13.7. The normalized spacial score (nSPS) is 12.9. The number of carbonyl (C=O) groups excluding carboxylic acids is 1. The number of benzene rings is 3. The van der Waals surface area contributed by atoms with E-state index in [9.17, 15) is 18.0 Å². The van der Waals surface area contributed by atoms with Crippen molar-refractivity contribution in [2.24, 2.45) is 0 Å². The molecule has 0 unspecified atom stereocenters. The van der Waals surface area contributed by atoms with Gasteiger partial charge in [-0.1, -0.05) is 49.0 Å². The minimum Gasteiger partial charge on any atom is -0.489 e. The smallest absolute Gasteiger partial charge is 0.419 e. The van der Waals surface area contributed by atoms with Gasteiger partial charge in [0.2, 0.25) is 0 Å². The number of fused-ring (bicyclic) bond motifs is 1. The van der Waals surface area contributed by atoms with Crippen LogP contribution in [0.5, 0.6) is 5.75 Å². The molecule has 0 N–H and O–H groups in total. The van der Waals surface area contributed by atoms with Crippen molar-refractivity contribution in [3.05, 3.63) is 95.8 Å². The van der Waals surface area contributed by atoms with Gasteiger partial charge in [-0.25, -0.2) is 4.79 Å². The average Bonchev–Trinajstić information content (AvgIpc) is 3.20. The van der Waals surface area contributed by atoms with Crippen LogP contribution in [0.1, 0.15) is 23.6 Å². The summed E-state index contributed by atoms with van der Waals surface area (Å²) in [6.07, 6.45) is -4.36. The first-order valence-corrected chi connectivity index (χ1v) is 10.4. The van der Waals surface area contributed by atoms with E-state index in [4.69, 9.17) is 9.47 Å². The second-order valence-corrected chi connectivity index (χ2v) is 7.79. The molecule has 1 aliphatic rings. The standard InChI is InChI=1S/C26H22F3NO3/c1-17(2)33-25(31)30-13-12-20-15-21(9-11-24(20)30)32-16-18-8-10-22(19-6-4-3-5-7-19)23(14-18)26(27,28)29/h3-11,14-15H,1,12-13,16H2,2H3. The Morgan fingerprint density at radius 3 is 2.52 bits per heavy atom. The van der Waals surface area contributed by atoms with Crippen LogP contribution >= 0.6 is 0 Å². The molecule has 0 saturated heterocycles. The van der Waals surface area contributed by atoms with Gasteiger partial charge in [-0.2, -0.15) is 13.2 Å². The van der Waals surface area contributed by atoms with Crippen molar-refractivity contribution in [3.8, 4) is 16.9 Å². The van der Waals surface area contributed by atoms with Gasteiger partial charge in [-0.15, -0.1) is 0 Å². The van der Waals surface area contributed by atoms with Gasteiger partial charge < -0.3 is 9.47 Å². The van der Waals surface area contributed by atoms with Crippen molar-refractivity contribution in [1.29, 1.82) is 0 Å². The highest BCUT2D eigenvalue weighted by atomic mass is 19.4. The van der Waals surface area contributed by atoms with Gasteiger partial charge in [0, 0.05) is 6.54 Å². The quantitative estimate of drug-likeness (QED) is 0.391. The molecule has 0 aliphatic carbocycles. The van der Waals surface area contributed by atoms with Crippen LogP contribution in [0.3, 0.4) is 0 Å². The number of nitrogens with zero attached hydrogens (tertiary/aromatic N) is 1. The van der Waals surface area contributed by atoms with Crippen LogP contribution in [0.4, 0.5) is 23.7 Å². The lowest BCUT2D eigenvalue weighted by molar-refractivity contribution is -0.137. The van der Waals surface area contributed by atoms with E-state index in [-0.39, 0.29) is 12.2 Å². The van der Waals surface area contributed by atoms with Crippen LogP contribution in [0.25, 0.3) is 11.1 Å². The Kier molecular flexibility index (Phi) is 6.14. The van der Waals surface area contributed by atoms with Crippen LogP contribution in [-0.2, 0) is 23.9 Å². The largest absolute Gasteiger partial charge is 0.489 e. The Morgan fingerprint density at radius 2 is 1.82 bits per heavy atom. The maximum Gasteiger partial charge on any atom is 0.419 e. The molecule has 170 valence electrons. The summed E-state index contributed by atoms with van der Waals surface area (Å²) in [5.74, 6) is 0.828. The summed E-state index contributed by atoms with van der Waals surface area (Å²) >= 11 is 0. The Balaban J connectivity index is 1.51. The van der Waals surface area contributed by atoms with Crippen LogP contribution in [0, 0.1) is 0 Å². The van der Waals surface area contributed by atoms with Gasteiger partial charge in [-0.3, -0.25) is 4.90 Å². The molecule has 3 aromatic rings. The van der Waals surface area contributed by atoms with Crippen LogP contribution in [0.2, 0.25) is 0 Å². The number of allylic oxidation sites excluding steroid dienone is 1. The minimum atomic E-state index is -4.49. The number of ether oxygens (including phenoxy) is 2. The third-order valence-corrected chi connectivity index (χ3v) is 5.31. The summed E-state index contributed by atoms with van der Waals surface area (Å²) in [5, 5.41) is 0. The highest BCUT2D eigenvalue weighted by Gasteiger charge is 2.34. The van der Waals surface area contributed by atoms with E-state index >= 15 is 0 Å². The number of hydrogen-bond donors (Lipinski definition) is 0. The molecule has 1 heterocycles. The molecule has 4 rings (SSSR count). The van der Waals surface area contributed by atoms with E-state index in [1.165, 1.54) is 11.0 Å². The monoisotopic (exact) mass is 453 g/mol. The zero-order valence-corrected chi connectivity index (χ0v) is 18.0. The molecule has 4 nitrogen and oxygen atoms in total. The van der Waals surface area contributed by atoms with Crippen molar-refractivity contribution >= 4 is 11.8 Å². The fourth-order valence-electron chi connectivity index (χ4n) is 3.81. The summed E-state index contributed by atoms with van der Waals surface area (Å²) in [6, 6.07) is 18.0. The first kappa shape index (κ1) is 22.5. The molecular formula is C26H22F3NO3. The van der Waals surface area contributed by atoms with Gasteiger partial charge >= 0.3 is 12.3 Å². The summed E-state index contributed by atoms with van der Waals surface area (Å²) in [7, 11) is 0. The topological polar surface area (TPSA) is 38.8 Å². The minimum absolute atomic E-state index is 0.0155. The predicted molar refractivity (Wildman–Crippen MR) is 120 cm³/mol. The highest BCUT2D eigenvalue weighted by Crippen LogP contribution is 2.38. The summed E-state index contributed by atoms with van der Waals surface area (Å²) in [6.45, 7) is 5.63. The van der Waals surface area contributed by atoms with E-state index in [2.05, 4.69) is 6.58 Å². The first-order chi connectivity index (χ1) is 15.7. The number of amides is 1. The molecule has 0 atom stereocenters. The first-order valence-electron chi connectivity index (χ1n) is 10.4. The lowest BCUT2D eigenvalue weighted by atomic mass is 9.97. The van der Waals surface area contributed by atoms with E-state index in [1.807, 2.05) is 0 Å². The van der Waals surface area contributed by atoms with Crippen LogP contribution in [-0.4, -0.2) is 12.6 Å². The van der Waals surface area contributed by atoms with Crippen molar-refractivity contribution in [2.45, 2.75) is 26.1 Å². The molecule has 0 aromatic heterocycles. The van der Waals surface area contributed by atoms with Crippen molar-refractivity contribution in [2.75, 3.05) is 11.4 Å². The Morgan fingerprint density at radius 1 is 1.06 bits per heavy atom. The van der Waals surface area contributed by atoms with E-state index in [0.717, 1.165) is 17.3 Å². The molecule has 1 aliphatic heterocycles. The molecule has 33 heavy (non-hydrogen) atoms. The third-order valence-electron chi connectivity index (χ3n) is 5.31. The summed E-state index contributed by atoms with van der Waals surface area (Å²) in [4.78, 5) is 13.7. The lowest BCUT2D eigenvalue weighted by Gasteiger charge is -2.17. The van der Waals surface area contributed by atoms with Crippen molar-refractivity contribution < 1.29 is 27.4 Å². The molecule has 3 aromatic carbocycles. The molecule has 1 amide bonds. The summed E-state index contributed by atoms with van der Waals surface area (Å²) < 4.78 is 52.0. The number of halogens is 3. The number of hydrogen-bond acceptors (Lipinski definition) is 3. The SMILES string of the molecule is C=C(C)OC(=O)N1CCc2cc(OCc3ccc(-c4ccccc4)c(C(F)(F)F)c3)ccc21. The maximum atomic E-state index is 13.7. The number of anilines is 1. The zero-order chi connectivity index (χ0) is 23.6. The molecule has 0 bridgehead atoms. The molecular weight excluding hydrogens is 431 g/mol. The van der Waals surface area contributed by atoms with E-state index in [1.54, 1.807) is 61.5 Å². The van der Waals surface area contributed by atoms with Crippen molar-refractivity contribution in [1.82, 2.24) is 0 Å². The van der Waals surface area contributed by atoms with Crippen LogP contribution < -0.4 is 9.64 Å². The van der Waals surface area contributed by atoms with Gasteiger partial charge in [0.1, 0.15) is 12.4 Å². The third kappa shape index (κ3) is 5.03. The predicted octanol–water partition coefficient (Wildman–Crippen LogP) is 6.98.